The predicted octanol–water partition coefficient (Wildman–Crippen LogP) is 4.41. The molecule has 0 saturated heterocycles. The van der Waals surface area contributed by atoms with Crippen LogP contribution in [0.1, 0.15) is 37.8 Å². The van der Waals surface area contributed by atoms with Crippen LogP contribution in [0.5, 0.6) is 17.2 Å². The molecule has 0 bridgehead atoms. The Morgan fingerprint density at radius 2 is 1.77 bits per heavy atom. The van der Waals surface area contributed by atoms with Crippen molar-refractivity contribution in [1.29, 1.82) is 0 Å². The van der Waals surface area contributed by atoms with Crippen molar-refractivity contribution in [3.63, 3.8) is 0 Å². The van der Waals surface area contributed by atoms with Crippen molar-refractivity contribution < 1.29 is 23.4 Å². The summed E-state index contributed by atoms with van der Waals surface area (Å²) >= 11 is 0. The van der Waals surface area contributed by atoms with E-state index >= 15 is 0 Å². The SMILES string of the molecule is COc1cc(NC(=O)CCN(C2CC2)C(C)c2ccccc2F)cc(OC)c1OC. The molecule has 1 aliphatic carbocycles. The first-order valence-corrected chi connectivity index (χ1v) is 10.1. The second kappa shape index (κ2) is 9.80. The van der Waals surface area contributed by atoms with Crippen molar-refractivity contribution in [1.82, 2.24) is 4.90 Å². The summed E-state index contributed by atoms with van der Waals surface area (Å²) in [6.45, 7) is 2.55. The van der Waals surface area contributed by atoms with Crippen LogP contribution in [0, 0.1) is 5.82 Å². The lowest BCUT2D eigenvalue weighted by molar-refractivity contribution is -0.116. The summed E-state index contributed by atoms with van der Waals surface area (Å²) in [5.74, 6) is 1.07. The van der Waals surface area contributed by atoms with Gasteiger partial charge >= 0.3 is 0 Å². The highest BCUT2D eigenvalue weighted by Crippen LogP contribution is 2.40. The van der Waals surface area contributed by atoms with Crippen molar-refractivity contribution in [3.05, 3.63) is 47.8 Å². The summed E-state index contributed by atoms with van der Waals surface area (Å²) in [4.78, 5) is 14.8. The van der Waals surface area contributed by atoms with E-state index in [1.165, 1.54) is 27.4 Å². The zero-order chi connectivity index (χ0) is 21.7. The number of carbonyl (C=O) groups excluding carboxylic acids is 1. The highest BCUT2D eigenvalue weighted by Gasteiger charge is 2.33. The average molecular weight is 416 g/mol. The van der Waals surface area contributed by atoms with Gasteiger partial charge in [0.15, 0.2) is 11.5 Å². The zero-order valence-corrected chi connectivity index (χ0v) is 17.9. The number of hydrogen-bond acceptors (Lipinski definition) is 5. The number of rotatable bonds is 10. The minimum atomic E-state index is -0.211. The molecule has 1 N–H and O–H groups in total. The molecular weight excluding hydrogens is 387 g/mol. The van der Waals surface area contributed by atoms with Crippen LogP contribution >= 0.6 is 0 Å². The quantitative estimate of drug-likeness (QED) is 0.622. The lowest BCUT2D eigenvalue weighted by Gasteiger charge is -2.29. The number of methoxy groups -OCH3 is 3. The molecule has 6 nitrogen and oxygen atoms in total. The van der Waals surface area contributed by atoms with Gasteiger partial charge in [-0.3, -0.25) is 9.69 Å². The zero-order valence-electron chi connectivity index (χ0n) is 17.9. The Bertz CT molecular complexity index is 860. The Hall–Kier alpha value is -2.80. The van der Waals surface area contributed by atoms with E-state index in [-0.39, 0.29) is 17.8 Å². The van der Waals surface area contributed by atoms with Gasteiger partial charge in [0.2, 0.25) is 11.7 Å². The van der Waals surface area contributed by atoms with Crippen LogP contribution in [0.15, 0.2) is 36.4 Å². The molecule has 7 heteroatoms. The summed E-state index contributed by atoms with van der Waals surface area (Å²) in [5, 5.41) is 2.89. The van der Waals surface area contributed by atoms with Gasteiger partial charge in [-0.1, -0.05) is 18.2 Å². The van der Waals surface area contributed by atoms with Crippen LogP contribution in [0.3, 0.4) is 0 Å². The molecule has 162 valence electrons. The first kappa shape index (κ1) is 21.9. The normalized spacial score (nSPS) is 14.3. The van der Waals surface area contributed by atoms with Gasteiger partial charge in [0.25, 0.3) is 0 Å². The number of nitrogens with one attached hydrogen (secondary N) is 1. The minimum Gasteiger partial charge on any atom is -0.493 e. The average Bonchev–Trinajstić information content (AvgIpc) is 3.58. The van der Waals surface area contributed by atoms with E-state index in [1.807, 2.05) is 19.1 Å². The van der Waals surface area contributed by atoms with Crippen molar-refractivity contribution in [3.8, 4) is 17.2 Å². The van der Waals surface area contributed by atoms with Gasteiger partial charge < -0.3 is 19.5 Å². The molecule has 1 aliphatic rings. The molecule has 30 heavy (non-hydrogen) atoms. The number of anilines is 1. The van der Waals surface area contributed by atoms with Gasteiger partial charge in [-0.2, -0.15) is 0 Å². The van der Waals surface area contributed by atoms with Crippen LogP contribution in [-0.4, -0.2) is 44.7 Å². The maximum atomic E-state index is 14.2. The Balaban J connectivity index is 1.66. The first-order valence-electron chi connectivity index (χ1n) is 10.1. The molecule has 0 spiro atoms. The van der Waals surface area contributed by atoms with Gasteiger partial charge in [-0.15, -0.1) is 0 Å². The molecule has 1 fully saturated rings. The fourth-order valence-corrected chi connectivity index (χ4v) is 3.70. The molecule has 2 aromatic carbocycles. The van der Waals surface area contributed by atoms with Gasteiger partial charge in [0.1, 0.15) is 5.82 Å². The van der Waals surface area contributed by atoms with E-state index in [2.05, 4.69) is 10.2 Å². The van der Waals surface area contributed by atoms with Gasteiger partial charge in [0, 0.05) is 48.4 Å². The van der Waals surface area contributed by atoms with Crippen LogP contribution in [0.25, 0.3) is 0 Å². The van der Waals surface area contributed by atoms with E-state index in [0.717, 1.165) is 12.8 Å². The molecule has 2 aromatic rings. The maximum Gasteiger partial charge on any atom is 0.225 e. The summed E-state index contributed by atoms with van der Waals surface area (Å²) in [6.07, 6.45) is 2.45. The fraction of sp³-hybridized carbons (Fsp3) is 0.435. The van der Waals surface area contributed by atoms with Gasteiger partial charge in [0.05, 0.1) is 21.3 Å². The predicted molar refractivity (Wildman–Crippen MR) is 114 cm³/mol. The number of halogens is 1. The van der Waals surface area contributed by atoms with Crippen molar-refractivity contribution >= 4 is 11.6 Å². The Labute approximate surface area is 176 Å². The molecular formula is C23H29FN2O4. The minimum absolute atomic E-state index is 0.0901. The second-order valence-electron chi connectivity index (χ2n) is 7.38. The van der Waals surface area contributed by atoms with E-state index in [1.54, 1.807) is 18.2 Å². The molecule has 1 unspecified atom stereocenters. The van der Waals surface area contributed by atoms with Crippen molar-refractivity contribution in [2.75, 3.05) is 33.2 Å². The summed E-state index contributed by atoms with van der Waals surface area (Å²) in [6, 6.07) is 10.5. The molecule has 0 aliphatic heterocycles. The highest BCUT2D eigenvalue weighted by molar-refractivity contribution is 5.91. The third kappa shape index (κ3) is 5.02. The molecule has 0 aromatic heterocycles. The molecule has 0 radical (unpaired) electrons. The number of nitrogens with zero attached hydrogens (tertiary/aromatic N) is 1. The topological polar surface area (TPSA) is 60.0 Å². The highest BCUT2D eigenvalue weighted by atomic mass is 19.1. The molecule has 1 atom stereocenters. The van der Waals surface area contributed by atoms with Crippen molar-refractivity contribution in [2.45, 2.75) is 38.3 Å². The maximum absolute atomic E-state index is 14.2. The number of hydrogen-bond donors (Lipinski definition) is 1. The third-order valence-electron chi connectivity index (χ3n) is 5.41. The monoisotopic (exact) mass is 416 g/mol. The fourth-order valence-electron chi connectivity index (χ4n) is 3.70. The largest absolute Gasteiger partial charge is 0.493 e. The van der Waals surface area contributed by atoms with Crippen LogP contribution < -0.4 is 19.5 Å². The standard InChI is InChI=1S/C23H29FN2O4/c1-15(18-7-5-6-8-19(18)24)26(17-9-10-17)12-11-22(27)25-16-13-20(28-2)23(30-4)21(14-16)29-3/h5-8,13-15,17H,9-12H2,1-4H3,(H,25,27). The molecule has 3 rings (SSSR count). The summed E-state index contributed by atoms with van der Waals surface area (Å²) in [5.41, 5.74) is 1.23. The van der Waals surface area contributed by atoms with Crippen molar-refractivity contribution in [2.24, 2.45) is 0 Å². The first-order chi connectivity index (χ1) is 14.5. The Morgan fingerprint density at radius 1 is 1.13 bits per heavy atom. The van der Waals surface area contributed by atoms with Gasteiger partial charge in [-0.05, 0) is 25.8 Å². The van der Waals surface area contributed by atoms with Gasteiger partial charge in [-0.25, -0.2) is 4.39 Å². The number of benzene rings is 2. The lowest BCUT2D eigenvalue weighted by Crippen LogP contribution is -2.33. The van der Waals surface area contributed by atoms with E-state index in [0.29, 0.717) is 47.5 Å². The van der Waals surface area contributed by atoms with Crippen LogP contribution in [-0.2, 0) is 4.79 Å². The third-order valence-corrected chi connectivity index (χ3v) is 5.41. The molecule has 1 amide bonds. The summed E-state index contributed by atoms with van der Waals surface area (Å²) in [7, 11) is 4.59. The summed E-state index contributed by atoms with van der Waals surface area (Å²) < 4.78 is 30.2. The Kier molecular flexibility index (Phi) is 7.15. The number of amides is 1. The lowest BCUT2D eigenvalue weighted by atomic mass is 10.1. The molecule has 0 heterocycles. The second-order valence-corrected chi connectivity index (χ2v) is 7.38. The van der Waals surface area contributed by atoms with E-state index in [4.69, 9.17) is 14.2 Å². The van der Waals surface area contributed by atoms with E-state index in [9.17, 15) is 9.18 Å². The number of carbonyl (C=O) groups is 1. The molecule has 1 saturated carbocycles. The van der Waals surface area contributed by atoms with Crippen LogP contribution in [0.4, 0.5) is 10.1 Å². The Morgan fingerprint density at radius 3 is 2.30 bits per heavy atom. The van der Waals surface area contributed by atoms with Crippen LogP contribution in [0.2, 0.25) is 0 Å². The smallest absolute Gasteiger partial charge is 0.225 e. The number of ether oxygens (including phenoxy) is 3. The van der Waals surface area contributed by atoms with E-state index < -0.39 is 0 Å².